The molecule has 3 nitrogen and oxygen atoms in total. The molecule has 29 heavy (non-hydrogen) atoms. The first-order valence-electron chi connectivity index (χ1n) is 9.92. The van der Waals surface area contributed by atoms with E-state index in [1.54, 1.807) is 0 Å². The number of hydrogen-bond acceptors (Lipinski definition) is 2. The van der Waals surface area contributed by atoms with Crippen LogP contribution in [0.4, 0.5) is 0 Å². The lowest BCUT2D eigenvalue weighted by Crippen LogP contribution is -2.12. The Labute approximate surface area is 170 Å². The van der Waals surface area contributed by atoms with Crippen LogP contribution in [0.3, 0.4) is 0 Å². The van der Waals surface area contributed by atoms with E-state index >= 15 is 0 Å². The van der Waals surface area contributed by atoms with Gasteiger partial charge in [0, 0.05) is 0 Å². The van der Waals surface area contributed by atoms with E-state index in [1.165, 1.54) is 16.3 Å². The molecular weight excluding hydrogens is 356 g/mol. The number of imidazole rings is 1. The number of hydrogen-bond donors (Lipinski definition) is 0. The number of ether oxygens (including phenoxy) is 1. The third-order valence-electron chi connectivity index (χ3n) is 5.43. The highest BCUT2D eigenvalue weighted by Crippen LogP contribution is 2.27. The second-order valence-electron chi connectivity index (χ2n) is 7.27. The van der Waals surface area contributed by atoms with E-state index in [9.17, 15) is 0 Å². The van der Waals surface area contributed by atoms with Crippen molar-refractivity contribution in [2.75, 3.05) is 0 Å². The van der Waals surface area contributed by atoms with Gasteiger partial charge >= 0.3 is 0 Å². The standard InChI is InChI=1S/C26H22N2O/c1-19(20-9-3-2-4-10-20)28-25-14-8-7-13-24(25)27-26(28)18-29-23-16-15-21-11-5-6-12-22(21)17-23/h2-17,19H,18H2,1H3. The first kappa shape index (κ1) is 17.5. The Hall–Kier alpha value is -3.59. The van der Waals surface area contributed by atoms with Gasteiger partial charge in [0.15, 0.2) is 0 Å². The molecule has 0 aliphatic heterocycles. The summed E-state index contributed by atoms with van der Waals surface area (Å²) in [5.74, 6) is 1.78. The van der Waals surface area contributed by atoms with Crippen molar-refractivity contribution in [2.24, 2.45) is 0 Å². The van der Waals surface area contributed by atoms with Gasteiger partial charge in [-0.1, -0.05) is 72.8 Å². The monoisotopic (exact) mass is 378 g/mol. The Bertz CT molecular complexity index is 1270. The number of para-hydroxylation sites is 2. The normalized spacial score (nSPS) is 12.3. The Morgan fingerprint density at radius 1 is 0.793 bits per heavy atom. The zero-order chi connectivity index (χ0) is 19.6. The molecule has 1 heterocycles. The van der Waals surface area contributed by atoms with E-state index in [0.717, 1.165) is 22.6 Å². The first-order chi connectivity index (χ1) is 14.3. The van der Waals surface area contributed by atoms with Crippen molar-refractivity contribution in [1.29, 1.82) is 0 Å². The predicted molar refractivity (Wildman–Crippen MR) is 118 cm³/mol. The maximum atomic E-state index is 6.17. The van der Waals surface area contributed by atoms with Crippen molar-refractivity contribution in [2.45, 2.75) is 19.6 Å². The summed E-state index contributed by atoms with van der Waals surface area (Å²) in [6, 6.07) is 33.5. The molecule has 0 spiro atoms. The maximum absolute atomic E-state index is 6.17. The second kappa shape index (κ2) is 7.44. The molecule has 0 amide bonds. The van der Waals surface area contributed by atoms with E-state index in [-0.39, 0.29) is 6.04 Å². The molecular formula is C26H22N2O. The fraction of sp³-hybridized carbons (Fsp3) is 0.115. The first-order valence-corrected chi connectivity index (χ1v) is 9.92. The molecule has 1 aromatic heterocycles. The minimum Gasteiger partial charge on any atom is -0.486 e. The smallest absolute Gasteiger partial charge is 0.148 e. The highest BCUT2D eigenvalue weighted by Gasteiger charge is 2.17. The van der Waals surface area contributed by atoms with Crippen molar-refractivity contribution in [1.82, 2.24) is 9.55 Å². The summed E-state index contributed by atoms with van der Waals surface area (Å²) in [5.41, 5.74) is 3.37. The van der Waals surface area contributed by atoms with Crippen molar-refractivity contribution in [3.05, 3.63) is 108 Å². The Balaban J connectivity index is 1.50. The summed E-state index contributed by atoms with van der Waals surface area (Å²) in [4.78, 5) is 4.87. The summed E-state index contributed by atoms with van der Waals surface area (Å²) < 4.78 is 8.46. The third kappa shape index (κ3) is 3.36. The van der Waals surface area contributed by atoms with Gasteiger partial charge < -0.3 is 9.30 Å². The van der Waals surface area contributed by atoms with Crippen molar-refractivity contribution >= 4 is 21.8 Å². The zero-order valence-corrected chi connectivity index (χ0v) is 16.3. The average Bonchev–Trinajstić information content (AvgIpc) is 3.16. The van der Waals surface area contributed by atoms with Gasteiger partial charge in [0.2, 0.25) is 0 Å². The molecule has 0 saturated heterocycles. The van der Waals surface area contributed by atoms with Crippen LogP contribution in [-0.2, 0) is 6.61 Å². The Morgan fingerprint density at radius 3 is 2.38 bits per heavy atom. The summed E-state index contributed by atoms with van der Waals surface area (Å²) in [7, 11) is 0. The van der Waals surface area contributed by atoms with Gasteiger partial charge in [0.25, 0.3) is 0 Å². The van der Waals surface area contributed by atoms with E-state index in [0.29, 0.717) is 6.61 Å². The zero-order valence-electron chi connectivity index (χ0n) is 16.3. The fourth-order valence-electron chi connectivity index (χ4n) is 3.91. The van der Waals surface area contributed by atoms with Crippen LogP contribution >= 0.6 is 0 Å². The lowest BCUT2D eigenvalue weighted by Gasteiger charge is -2.18. The second-order valence-corrected chi connectivity index (χ2v) is 7.27. The van der Waals surface area contributed by atoms with Crippen LogP contribution in [0.15, 0.2) is 97.1 Å². The molecule has 5 aromatic rings. The molecule has 4 aromatic carbocycles. The maximum Gasteiger partial charge on any atom is 0.148 e. The molecule has 0 fully saturated rings. The molecule has 0 N–H and O–H groups in total. The number of fused-ring (bicyclic) bond motifs is 2. The number of rotatable bonds is 5. The highest BCUT2D eigenvalue weighted by atomic mass is 16.5. The minimum atomic E-state index is 0.166. The fourth-order valence-corrected chi connectivity index (χ4v) is 3.91. The van der Waals surface area contributed by atoms with E-state index in [4.69, 9.17) is 9.72 Å². The SMILES string of the molecule is CC(c1ccccc1)n1c(COc2ccc3ccccc3c2)nc2ccccc21. The average molecular weight is 378 g/mol. The lowest BCUT2D eigenvalue weighted by molar-refractivity contribution is 0.289. The number of aromatic nitrogens is 2. The van der Waals surface area contributed by atoms with Gasteiger partial charge in [0.1, 0.15) is 18.2 Å². The minimum absolute atomic E-state index is 0.166. The van der Waals surface area contributed by atoms with Crippen LogP contribution in [0.5, 0.6) is 5.75 Å². The lowest BCUT2D eigenvalue weighted by atomic mass is 10.1. The van der Waals surface area contributed by atoms with Gasteiger partial charge in [-0.25, -0.2) is 4.98 Å². The molecule has 0 saturated carbocycles. The summed E-state index contributed by atoms with van der Waals surface area (Å²) in [6.45, 7) is 2.63. The molecule has 5 rings (SSSR count). The van der Waals surface area contributed by atoms with Crippen LogP contribution < -0.4 is 4.74 Å². The molecule has 0 aliphatic carbocycles. The summed E-state index contributed by atoms with van der Waals surface area (Å²) >= 11 is 0. The van der Waals surface area contributed by atoms with Crippen molar-refractivity contribution < 1.29 is 4.74 Å². The van der Waals surface area contributed by atoms with Gasteiger partial charge in [0.05, 0.1) is 17.1 Å². The Morgan fingerprint density at radius 2 is 1.52 bits per heavy atom. The third-order valence-corrected chi connectivity index (χ3v) is 5.43. The molecule has 0 aliphatic rings. The van der Waals surface area contributed by atoms with E-state index < -0.39 is 0 Å². The van der Waals surface area contributed by atoms with Crippen LogP contribution in [0.1, 0.15) is 24.4 Å². The van der Waals surface area contributed by atoms with Gasteiger partial charge in [-0.05, 0) is 47.5 Å². The largest absolute Gasteiger partial charge is 0.486 e. The van der Waals surface area contributed by atoms with Crippen LogP contribution in [0, 0.1) is 0 Å². The summed E-state index contributed by atoms with van der Waals surface area (Å²) in [6.07, 6.45) is 0. The van der Waals surface area contributed by atoms with Crippen LogP contribution in [-0.4, -0.2) is 9.55 Å². The van der Waals surface area contributed by atoms with Gasteiger partial charge in [-0.3, -0.25) is 0 Å². The van der Waals surface area contributed by atoms with Crippen LogP contribution in [0.2, 0.25) is 0 Å². The van der Waals surface area contributed by atoms with Gasteiger partial charge in [-0.2, -0.15) is 0 Å². The van der Waals surface area contributed by atoms with Crippen molar-refractivity contribution in [3.63, 3.8) is 0 Å². The molecule has 0 radical (unpaired) electrons. The molecule has 1 unspecified atom stereocenters. The number of nitrogens with zero attached hydrogens (tertiary/aromatic N) is 2. The molecule has 0 bridgehead atoms. The van der Waals surface area contributed by atoms with Gasteiger partial charge in [-0.15, -0.1) is 0 Å². The topological polar surface area (TPSA) is 27.1 Å². The van der Waals surface area contributed by atoms with E-state index in [2.05, 4.69) is 84.3 Å². The Kier molecular flexibility index (Phi) is 4.49. The van der Waals surface area contributed by atoms with E-state index in [1.807, 2.05) is 24.3 Å². The summed E-state index contributed by atoms with van der Waals surface area (Å²) in [5, 5.41) is 2.39. The van der Waals surface area contributed by atoms with Crippen molar-refractivity contribution in [3.8, 4) is 5.75 Å². The molecule has 142 valence electrons. The quantitative estimate of drug-likeness (QED) is 0.355. The molecule has 3 heteroatoms. The number of benzene rings is 4. The predicted octanol–water partition coefficient (Wildman–Crippen LogP) is 6.38. The van der Waals surface area contributed by atoms with Crippen LogP contribution in [0.25, 0.3) is 21.8 Å². The highest BCUT2D eigenvalue weighted by molar-refractivity contribution is 5.83. The molecule has 1 atom stereocenters.